The van der Waals surface area contributed by atoms with Gasteiger partial charge < -0.3 is 14.5 Å². The van der Waals surface area contributed by atoms with E-state index in [9.17, 15) is 14.0 Å². The highest BCUT2D eigenvalue weighted by molar-refractivity contribution is 5.93. The lowest BCUT2D eigenvalue weighted by Crippen LogP contribution is -2.21. The Labute approximate surface area is 167 Å². The number of ether oxygens (including phenoxy) is 1. The second-order valence-corrected chi connectivity index (χ2v) is 6.58. The zero-order valence-electron chi connectivity index (χ0n) is 16.2. The van der Waals surface area contributed by atoms with E-state index in [1.165, 1.54) is 18.3 Å². The Morgan fingerprint density at radius 1 is 1.14 bits per heavy atom. The number of nitrogens with zero attached hydrogens (tertiary/aromatic N) is 1. The quantitative estimate of drug-likeness (QED) is 0.605. The number of nitrogens with one attached hydrogen (secondary N) is 1. The number of amides is 1. The summed E-state index contributed by atoms with van der Waals surface area (Å²) in [6.07, 6.45) is 1.78. The predicted molar refractivity (Wildman–Crippen MR) is 106 cm³/mol. The van der Waals surface area contributed by atoms with Crippen molar-refractivity contribution < 1.29 is 23.1 Å². The van der Waals surface area contributed by atoms with E-state index in [0.717, 1.165) is 11.1 Å². The number of carbonyl (C=O) groups is 2. The molecule has 0 bridgehead atoms. The average Bonchev–Trinajstić information content (AvgIpc) is 3.18. The summed E-state index contributed by atoms with van der Waals surface area (Å²) in [4.78, 5) is 28.0. The van der Waals surface area contributed by atoms with Crippen molar-refractivity contribution in [3.8, 4) is 11.3 Å². The van der Waals surface area contributed by atoms with Gasteiger partial charge >= 0.3 is 5.97 Å². The fourth-order valence-corrected chi connectivity index (χ4v) is 2.67. The number of aryl methyl sites for hydroxylation is 2. The fraction of sp³-hybridized carbons (Fsp3) is 0.227. The van der Waals surface area contributed by atoms with Crippen molar-refractivity contribution in [1.29, 1.82) is 0 Å². The molecule has 1 heterocycles. The Bertz CT molecular complexity index is 1010. The Morgan fingerprint density at radius 3 is 2.66 bits per heavy atom. The molecule has 150 valence electrons. The van der Waals surface area contributed by atoms with Crippen LogP contribution in [0.1, 0.15) is 23.4 Å². The monoisotopic (exact) mass is 396 g/mol. The summed E-state index contributed by atoms with van der Waals surface area (Å²) in [5.74, 6) is -0.412. The number of anilines is 1. The van der Waals surface area contributed by atoms with Crippen LogP contribution in [0, 0.1) is 19.7 Å². The first kappa shape index (κ1) is 20.3. The molecule has 1 aromatic heterocycles. The van der Waals surface area contributed by atoms with Gasteiger partial charge in [0.15, 0.2) is 18.3 Å². The van der Waals surface area contributed by atoms with Crippen LogP contribution in [0.2, 0.25) is 0 Å². The topological polar surface area (TPSA) is 81.4 Å². The van der Waals surface area contributed by atoms with Crippen LogP contribution in [0.25, 0.3) is 11.3 Å². The molecular formula is C22H21FN2O4. The molecular weight excluding hydrogens is 375 g/mol. The van der Waals surface area contributed by atoms with Crippen LogP contribution in [0.3, 0.4) is 0 Å². The van der Waals surface area contributed by atoms with Crippen LogP contribution < -0.4 is 5.32 Å². The molecule has 1 amide bonds. The standard InChI is InChI=1S/C22H21FN2O4/c1-14-4-3-5-18(15(14)2)25-20(26)13-28-22(27)11-10-21-24-12-19(29-21)16-6-8-17(23)9-7-16/h3-9,12H,10-11,13H2,1-2H3,(H,25,26). The molecule has 3 aromatic rings. The van der Waals surface area contributed by atoms with Gasteiger partial charge in [0.25, 0.3) is 5.91 Å². The van der Waals surface area contributed by atoms with Crippen LogP contribution in [0.5, 0.6) is 0 Å². The van der Waals surface area contributed by atoms with Crippen molar-refractivity contribution in [3.63, 3.8) is 0 Å². The van der Waals surface area contributed by atoms with Gasteiger partial charge in [0.05, 0.1) is 12.6 Å². The molecule has 29 heavy (non-hydrogen) atoms. The normalized spacial score (nSPS) is 10.6. The third-order valence-electron chi connectivity index (χ3n) is 4.47. The van der Waals surface area contributed by atoms with E-state index in [1.54, 1.807) is 18.2 Å². The molecule has 0 spiro atoms. The summed E-state index contributed by atoms with van der Waals surface area (Å²) in [6.45, 7) is 3.50. The van der Waals surface area contributed by atoms with Gasteiger partial charge in [-0.15, -0.1) is 0 Å². The number of hydrogen-bond acceptors (Lipinski definition) is 5. The van der Waals surface area contributed by atoms with Crippen LogP contribution in [-0.2, 0) is 20.7 Å². The van der Waals surface area contributed by atoms with Crippen LogP contribution in [0.15, 0.2) is 53.1 Å². The maximum absolute atomic E-state index is 13.0. The number of benzene rings is 2. The smallest absolute Gasteiger partial charge is 0.306 e. The third-order valence-corrected chi connectivity index (χ3v) is 4.47. The zero-order chi connectivity index (χ0) is 20.8. The number of aromatic nitrogens is 1. The van der Waals surface area contributed by atoms with E-state index < -0.39 is 11.9 Å². The fourth-order valence-electron chi connectivity index (χ4n) is 2.67. The van der Waals surface area contributed by atoms with Gasteiger partial charge in [-0.3, -0.25) is 9.59 Å². The van der Waals surface area contributed by atoms with Crippen LogP contribution in [-0.4, -0.2) is 23.5 Å². The highest BCUT2D eigenvalue weighted by Gasteiger charge is 2.12. The molecule has 2 aromatic carbocycles. The Hall–Kier alpha value is -3.48. The van der Waals surface area contributed by atoms with Crippen molar-refractivity contribution in [2.75, 3.05) is 11.9 Å². The maximum Gasteiger partial charge on any atom is 0.306 e. The third kappa shape index (κ3) is 5.51. The van der Waals surface area contributed by atoms with E-state index in [-0.39, 0.29) is 25.3 Å². The van der Waals surface area contributed by atoms with Crippen molar-refractivity contribution >= 4 is 17.6 Å². The molecule has 7 heteroatoms. The highest BCUT2D eigenvalue weighted by atomic mass is 19.1. The SMILES string of the molecule is Cc1cccc(NC(=O)COC(=O)CCc2ncc(-c3ccc(F)cc3)o2)c1C. The van der Waals surface area contributed by atoms with Gasteiger partial charge in [-0.1, -0.05) is 12.1 Å². The van der Waals surface area contributed by atoms with E-state index in [1.807, 2.05) is 26.0 Å². The minimum Gasteiger partial charge on any atom is -0.456 e. The van der Waals surface area contributed by atoms with Gasteiger partial charge in [0.1, 0.15) is 5.82 Å². The lowest BCUT2D eigenvalue weighted by molar-refractivity contribution is -0.147. The van der Waals surface area contributed by atoms with E-state index in [4.69, 9.17) is 9.15 Å². The molecule has 0 aliphatic rings. The Morgan fingerprint density at radius 2 is 1.90 bits per heavy atom. The van der Waals surface area contributed by atoms with Gasteiger partial charge in [-0.2, -0.15) is 0 Å². The number of oxazole rings is 1. The lowest BCUT2D eigenvalue weighted by atomic mass is 10.1. The first-order valence-corrected chi connectivity index (χ1v) is 9.14. The van der Waals surface area contributed by atoms with Crippen LogP contribution >= 0.6 is 0 Å². The molecule has 1 N–H and O–H groups in total. The van der Waals surface area contributed by atoms with Crippen molar-refractivity contribution in [3.05, 3.63) is 71.5 Å². The van der Waals surface area contributed by atoms with Gasteiger partial charge in [0.2, 0.25) is 0 Å². The van der Waals surface area contributed by atoms with Crippen LogP contribution in [0.4, 0.5) is 10.1 Å². The van der Waals surface area contributed by atoms with E-state index in [0.29, 0.717) is 22.9 Å². The number of esters is 1. The van der Waals surface area contributed by atoms with Crippen molar-refractivity contribution in [2.45, 2.75) is 26.7 Å². The number of hydrogen-bond donors (Lipinski definition) is 1. The molecule has 0 aliphatic carbocycles. The van der Waals surface area contributed by atoms with Crippen molar-refractivity contribution in [2.24, 2.45) is 0 Å². The summed E-state index contributed by atoms with van der Waals surface area (Å²) in [5, 5.41) is 2.73. The second-order valence-electron chi connectivity index (χ2n) is 6.58. The predicted octanol–water partition coefficient (Wildman–Crippen LogP) is 4.21. The molecule has 0 aliphatic heterocycles. The lowest BCUT2D eigenvalue weighted by Gasteiger charge is -2.10. The highest BCUT2D eigenvalue weighted by Crippen LogP contribution is 2.21. The molecule has 0 saturated heterocycles. The molecule has 0 atom stereocenters. The first-order valence-electron chi connectivity index (χ1n) is 9.14. The Balaban J connectivity index is 1.45. The summed E-state index contributed by atoms with van der Waals surface area (Å²) in [6, 6.07) is 11.4. The molecule has 6 nitrogen and oxygen atoms in total. The number of carbonyl (C=O) groups excluding carboxylic acids is 2. The minimum atomic E-state index is -0.525. The van der Waals surface area contributed by atoms with Gasteiger partial charge in [0, 0.05) is 17.7 Å². The largest absolute Gasteiger partial charge is 0.456 e. The van der Waals surface area contributed by atoms with Gasteiger partial charge in [-0.25, -0.2) is 9.37 Å². The average molecular weight is 396 g/mol. The van der Waals surface area contributed by atoms with Gasteiger partial charge in [-0.05, 0) is 55.3 Å². The molecule has 0 saturated carbocycles. The maximum atomic E-state index is 13.0. The summed E-state index contributed by atoms with van der Waals surface area (Å²) < 4.78 is 23.6. The summed E-state index contributed by atoms with van der Waals surface area (Å²) >= 11 is 0. The summed E-state index contributed by atoms with van der Waals surface area (Å²) in [7, 11) is 0. The Kier molecular flexibility index (Phi) is 6.39. The number of rotatable bonds is 7. The molecule has 3 rings (SSSR count). The molecule has 0 unspecified atom stereocenters. The molecule has 0 radical (unpaired) electrons. The second kappa shape index (κ2) is 9.14. The molecule has 0 fully saturated rings. The minimum absolute atomic E-state index is 0.0279. The van der Waals surface area contributed by atoms with E-state index in [2.05, 4.69) is 10.3 Å². The summed E-state index contributed by atoms with van der Waals surface area (Å²) in [5.41, 5.74) is 3.41. The first-order chi connectivity index (χ1) is 13.9. The van der Waals surface area contributed by atoms with E-state index >= 15 is 0 Å². The van der Waals surface area contributed by atoms with Crippen molar-refractivity contribution in [1.82, 2.24) is 4.98 Å². The zero-order valence-corrected chi connectivity index (χ0v) is 16.2. The number of halogens is 1.